The van der Waals surface area contributed by atoms with Gasteiger partial charge in [-0.1, -0.05) is 0 Å². The number of aromatic nitrogens is 3. The molecule has 0 atom stereocenters. The van der Waals surface area contributed by atoms with E-state index >= 15 is 0 Å². The number of halogens is 1. The van der Waals surface area contributed by atoms with E-state index < -0.39 is 0 Å². The van der Waals surface area contributed by atoms with E-state index in [0.29, 0.717) is 44.3 Å². The van der Waals surface area contributed by atoms with Gasteiger partial charge in [-0.05, 0) is 37.6 Å². The summed E-state index contributed by atoms with van der Waals surface area (Å²) in [7, 11) is 0. The van der Waals surface area contributed by atoms with E-state index in [9.17, 15) is 0 Å². The number of furan rings is 2. The minimum absolute atomic E-state index is 0. The predicted molar refractivity (Wildman–Crippen MR) is 120 cm³/mol. The summed E-state index contributed by atoms with van der Waals surface area (Å²) in [5.74, 6) is 3.62. The van der Waals surface area contributed by atoms with Crippen molar-refractivity contribution in [2.24, 2.45) is 4.99 Å². The second-order valence-electron chi connectivity index (χ2n) is 6.01. The molecule has 0 amide bonds. The van der Waals surface area contributed by atoms with E-state index in [1.807, 2.05) is 31.2 Å². The van der Waals surface area contributed by atoms with Crippen LogP contribution in [0.1, 0.15) is 24.9 Å². The number of hydrogen-bond donors (Lipinski definition) is 3. The van der Waals surface area contributed by atoms with Gasteiger partial charge >= 0.3 is 0 Å². The van der Waals surface area contributed by atoms with E-state index in [2.05, 4.69) is 30.8 Å². The standard InChI is InChI=1S/C19H26N6O3.HI/c1-2-20-19(21-9-5-11-26-14-15-6-3-12-27-15)22-10-8-17-23-18(25-24-17)16-7-4-13-28-16;/h3-4,6-7,12-13H,2,5,8-11,14H2,1H3,(H2,20,21,22)(H,23,24,25);1H. The Kier molecular flexibility index (Phi) is 10.3. The zero-order valence-corrected chi connectivity index (χ0v) is 18.7. The van der Waals surface area contributed by atoms with Crippen molar-refractivity contribution >= 4 is 29.9 Å². The maximum Gasteiger partial charge on any atom is 0.216 e. The van der Waals surface area contributed by atoms with Gasteiger partial charge in [-0.25, -0.2) is 4.98 Å². The first kappa shape index (κ1) is 22.9. The van der Waals surface area contributed by atoms with Crippen LogP contribution in [-0.2, 0) is 17.8 Å². The van der Waals surface area contributed by atoms with Crippen LogP contribution in [-0.4, -0.2) is 47.4 Å². The Morgan fingerprint density at radius 1 is 1.21 bits per heavy atom. The first-order chi connectivity index (χ1) is 13.8. The Bertz CT molecular complexity index is 817. The zero-order chi connectivity index (χ0) is 19.4. The minimum atomic E-state index is 0. The summed E-state index contributed by atoms with van der Waals surface area (Å²) in [6, 6.07) is 7.40. The average Bonchev–Trinajstić information content (AvgIpc) is 3.47. The van der Waals surface area contributed by atoms with Gasteiger partial charge in [-0.15, -0.1) is 24.0 Å². The molecule has 29 heavy (non-hydrogen) atoms. The van der Waals surface area contributed by atoms with Gasteiger partial charge in [-0.3, -0.25) is 10.1 Å². The summed E-state index contributed by atoms with van der Waals surface area (Å²) >= 11 is 0. The highest BCUT2D eigenvalue weighted by molar-refractivity contribution is 14.0. The first-order valence-electron chi connectivity index (χ1n) is 9.42. The number of hydrogen-bond acceptors (Lipinski definition) is 6. The van der Waals surface area contributed by atoms with Crippen molar-refractivity contribution < 1.29 is 13.6 Å². The molecule has 3 N–H and O–H groups in total. The van der Waals surface area contributed by atoms with Gasteiger partial charge in [0.1, 0.15) is 18.2 Å². The molecule has 0 aliphatic rings. The van der Waals surface area contributed by atoms with Gasteiger partial charge in [-0.2, -0.15) is 5.10 Å². The molecule has 3 aromatic rings. The molecule has 0 saturated carbocycles. The molecule has 3 rings (SSSR count). The van der Waals surface area contributed by atoms with Crippen LogP contribution in [0.2, 0.25) is 0 Å². The Labute approximate surface area is 186 Å². The minimum Gasteiger partial charge on any atom is -0.467 e. The lowest BCUT2D eigenvalue weighted by Crippen LogP contribution is -2.38. The lowest BCUT2D eigenvalue weighted by molar-refractivity contribution is 0.105. The monoisotopic (exact) mass is 514 g/mol. The van der Waals surface area contributed by atoms with Crippen LogP contribution in [0.15, 0.2) is 50.6 Å². The second-order valence-corrected chi connectivity index (χ2v) is 6.01. The van der Waals surface area contributed by atoms with Crippen LogP contribution >= 0.6 is 24.0 Å². The highest BCUT2D eigenvalue weighted by Crippen LogP contribution is 2.14. The number of aromatic amines is 1. The largest absolute Gasteiger partial charge is 0.467 e. The lowest BCUT2D eigenvalue weighted by Gasteiger charge is -2.10. The number of H-pyrrole nitrogens is 1. The molecule has 10 heteroatoms. The van der Waals surface area contributed by atoms with Gasteiger partial charge in [0.05, 0.1) is 12.5 Å². The second kappa shape index (κ2) is 13.0. The molecule has 0 radical (unpaired) electrons. The van der Waals surface area contributed by atoms with Crippen molar-refractivity contribution in [1.82, 2.24) is 25.8 Å². The summed E-state index contributed by atoms with van der Waals surface area (Å²) in [4.78, 5) is 8.98. The van der Waals surface area contributed by atoms with Crippen LogP contribution in [0.25, 0.3) is 11.6 Å². The fourth-order valence-corrected chi connectivity index (χ4v) is 2.49. The van der Waals surface area contributed by atoms with Gasteiger partial charge in [0.25, 0.3) is 0 Å². The molecular weight excluding hydrogens is 487 g/mol. The fourth-order valence-electron chi connectivity index (χ4n) is 2.49. The molecule has 0 bridgehead atoms. The van der Waals surface area contributed by atoms with Crippen LogP contribution < -0.4 is 10.6 Å². The Hall–Kier alpha value is -2.34. The van der Waals surface area contributed by atoms with E-state index in [-0.39, 0.29) is 24.0 Å². The molecule has 9 nitrogen and oxygen atoms in total. The smallest absolute Gasteiger partial charge is 0.216 e. The number of nitrogens with one attached hydrogen (secondary N) is 3. The number of ether oxygens (including phenoxy) is 1. The van der Waals surface area contributed by atoms with Crippen molar-refractivity contribution in [2.75, 3.05) is 26.2 Å². The van der Waals surface area contributed by atoms with Crippen molar-refractivity contribution in [1.29, 1.82) is 0 Å². The molecule has 3 aromatic heterocycles. The third kappa shape index (κ3) is 7.89. The molecule has 0 saturated heterocycles. The van der Waals surface area contributed by atoms with Crippen molar-refractivity contribution in [2.45, 2.75) is 26.4 Å². The van der Waals surface area contributed by atoms with E-state index in [1.165, 1.54) is 0 Å². The molecule has 0 unspecified atom stereocenters. The van der Waals surface area contributed by atoms with Gasteiger partial charge in [0.15, 0.2) is 11.7 Å². The number of rotatable bonds is 11. The lowest BCUT2D eigenvalue weighted by atomic mass is 10.4. The van der Waals surface area contributed by atoms with Crippen molar-refractivity contribution in [3.05, 3.63) is 48.4 Å². The molecule has 0 aromatic carbocycles. The Morgan fingerprint density at radius 2 is 2.07 bits per heavy atom. The van der Waals surface area contributed by atoms with Crippen LogP contribution in [0, 0.1) is 0 Å². The van der Waals surface area contributed by atoms with Crippen LogP contribution in [0.5, 0.6) is 0 Å². The SMILES string of the molecule is CCNC(=NCCCOCc1ccco1)NCCc1nc(-c2ccco2)n[nH]1.I. The average molecular weight is 514 g/mol. The van der Waals surface area contributed by atoms with Crippen LogP contribution in [0.3, 0.4) is 0 Å². The molecular formula is C19H27IN6O3. The Morgan fingerprint density at radius 3 is 2.83 bits per heavy atom. The van der Waals surface area contributed by atoms with E-state index in [0.717, 1.165) is 30.5 Å². The first-order valence-corrected chi connectivity index (χ1v) is 9.42. The normalized spacial score (nSPS) is 11.3. The quantitative estimate of drug-likeness (QED) is 0.156. The molecule has 158 valence electrons. The van der Waals surface area contributed by atoms with Crippen LogP contribution in [0.4, 0.5) is 0 Å². The number of guanidine groups is 1. The summed E-state index contributed by atoms with van der Waals surface area (Å²) in [6.07, 6.45) is 4.79. The van der Waals surface area contributed by atoms with Gasteiger partial charge < -0.3 is 24.2 Å². The maximum atomic E-state index is 5.56. The summed E-state index contributed by atoms with van der Waals surface area (Å²) in [6.45, 7) is 5.33. The van der Waals surface area contributed by atoms with E-state index in [4.69, 9.17) is 13.6 Å². The van der Waals surface area contributed by atoms with Gasteiger partial charge in [0.2, 0.25) is 5.82 Å². The third-order valence-corrected chi connectivity index (χ3v) is 3.81. The molecule has 0 aliphatic heterocycles. The molecule has 0 spiro atoms. The predicted octanol–water partition coefficient (Wildman–Crippen LogP) is 2.98. The van der Waals surface area contributed by atoms with E-state index in [1.54, 1.807) is 12.5 Å². The zero-order valence-electron chi connectivity index (χ0n) is 16.4. The molecule has 3 heterocycles. The fraction of sp³-hybridized carbons (Fsp3) is 0.421. The number of aliphatic imine (C=N–C) groups is 1. The highest BCUT2D eigenvalue weighted by Gasteiger charge is 2.08. The Balaban J connectivity index is 0.00000300. The summed E-state index contributed by atoms with van der Waals surface area (Å²) in [5.41, 5.74) is 0. The molecule has 0 aliphatic carbocycles. The van der Waals surface area contributed by atoms with Gasteiger partial charge in [0, 0.05) is 32.7 Å². The maximum absolute atomic E-state index is 5.56. The van der Waals surface area contributed by atoms with Crippen molar-refractivity contribution in [3.8, 4) is 11.6 Å². The third-order valence-electron chi connectivity index (χ3n) is 3.81. The summed E-state index contributed by atoms with van der Waals surface area (Å²) < 4.78 is 16.1. The topological polar surface area (TPSA) is 114 Å². The summed E-state index contributed by atoms with van der Waals surface area (Å²) in [5, 5.41) is 13.6. The van der Waals surface area contributed by atoms with Crippen molar-refractivity contribution in [3.63, 3.8) is 0 Å². The highest BCUT2D eigenvalue weighted by atomic mass is 127. The molecule has 0 fully saturated rings. The number of nitrogens with zero attached hydrogens (tertiary/aromatic N) is 3.